The maximum Gasteiger partial charge on any atom is 0.356 e. The summed E-state index contributed by atoms with van der Waals surface area (Å²) >= 11 is 0. The fourth-order valence-corrected chi connectivity index (χ4v) is 1.66. The van der Waals surface area contributed by atoms with E-state index in [-0.39, 0.29) is 11.4 Å². The monoisotopic (exact) mass is 236 g/mol. The molecule has 0 unspecified atom stereocenters. The first-order chi connectivity index (χ1) is 8.13. The van der Waals surface area contributed by atoms with Crippen molar-refractivity contribution in [1.82, 2.24) is 9.38 Å². The highest BCUT2D eigenvalue weighted by atomic mass is 16.5. The Balaban J connectivity index is 2.58. The number of aromatic nitrogens is 2. The number of nitrogens with zero attached hydrogens (tertiary/aromatic N) is 2. The number of aromatic hydroxyl groups is 1. The zero-order valence-electron chi connectivity index (χ0n) is 9.25. The molecule has 17 heavy (non-hydrogen) atoms. The summed E-state index contributed by atoms with van der Waals surface area (Å²) < 4.78 is 6.50. The average molecular weight is 236 g/mol. The van der Waals surface area contributed by atoms with E-state index in [9.17, 15) is 9.90 Å². The van der Waals surface area contributed by atoms with Gasteiger partial charge in [-0.2, -0.15) is 0 Å². The number of hydrogen-bond acceptors (Lipinski definition) is 4. The van der Waals surface area contributed by atoms with Gasteiger partial charge in [0.2, 0.25) is 0 Å². The lowest BCUT2D eigenvalue weighted by Gasteiger charge is -2.00. The Bertz CT molecular complexity index is 562. The van der Waals surface area contributed by atoms with Crippen LogP contribution in [0.25, 0.3) is 5.52 Å². The van der Waals surface area contributed by atoms with Gasteiger partial charge in [0.25, 0.3) is 0 Å². The van der Waals surface area contributed by atoms with Gasteiger partial charge in [-0.3, -0.25) is 4.40 Å². The topological polar surface area (TPSA) is 84.1 Å². The minimum absolute atomic E-state index is 0.0175. The molecule has 2 aromatic rings. The first-order valence-electron chi connectivity index (χ1n) is 5.05. The van der Waals surface area contributed by atoms with Crippen LogP contribution in [0.5, 0.6) is 5.75 Å². The summed E-state index contributed by atoms with van der Waals surface area (Å²) in [4.78, 5) is 15.1. The Morgan fingerprint density at radius 2 is 2.29 bits per heavy atom. The molecule has 0 aliphatic carbocycles. The third-order valence-corrected chi connectivity index (χ3v) is 2.43. The van der Waals surface area contributed by atoms with E-state index in [0.29, 0.717) is 24.4 Å². The number of aromatic carboxylic acids is 1. The summed E-state index contributed by atoms with van der Waals surface area (Å²) in [5, 5.41) is 18.4. The Morgan fingerprint density at radius 3 is 2.94 bits per heavy atom. The number of hydrogen-bond donors (Lipinski definition) is 2. The van der Waals surface area contributed by atoms with Crippen LogP contribution in [0.3, 0.4) is 0 Å². The maximum absolute atomic E-state index is 11.0. The van der Waals surface area contributed by atoms with Crippen molar-refractivity contribution >= 4 is 11.5 Å². The molecule has 0 saturated carbocycles. The van der Waals surface area contributed by atoms with Crippen LogP contribution in [0.4, 0.5) is 0 Å². The third-order valence-electron chi connectivity index (χ3n) is 2.43. The zero-order valence-corrected chi connectivity index (χ0v) is 9.25. The lowest BCUT2D eigenvalue weighted by atomic mass is 10.3. The quantitative estimate of drug-likeness (QED) is 0.824. The summed E-state index contributed by atoms with van der Waals surface area (Å²) in [6.07, 6.45) is 1.92. The molecular formula is C11H12N2O4. The predicted octanol–water partition coefficient (Wildman–Crippen LogP) is 0.927. The highest BCUT2D eigenvalue weighted by Gasteiger charge is 2.16. The standard InChI is InChI=1S/C11H12N2O4/c1-17-5-4-9-12-10(11(15)16)8-3-2-7(14)6-13(8)9/h2-3,6,14H,4-5H2,1H3,(H,15,16). The molecule has 0 amide bonds. The van der Waals surface area contributed by atoms with E-state index in [4.69, 9.17) is 9.84 Å². The second-order valence-corrected chi connectivity index (χ2v) is 3.57. The Hall–Kier alpha value is -2.08. The molecule has 6 nitrogen and oxygen atoms in total. The van der Waals surface area contributed by atoms with Crippen LogP contribution in [0, 0.1) is 0 Å². The molecule has 0 saturated heterocycles. The van der Waals surface area contributed by atoms with Gasteiger partial charge in [0.05, 0.1) is 18.3 Å². The molecule has 0 aliphatic rings. The van der Waals surface area contributed by atoms with E-state index in [1.165, 1.54) is 18.3 Å². The number of carboxylic acid groups (broad SMARTS) is 1. The normalized spacial score (nSPS) is 10.9. The van der Waals surface area contributed by atoms with Crippen LogP contribution in [0.1, 0.15) is 16.3 Å². The van der Waals surface area contributed by atoms with Crippen LogP contribution in [0.2, 0.25) is 0 Å². The molecule has 0 atom stereocenters. The van der Waals surface area contributed by atoms with Crippen molar-refractivity contribution in [1.29, 1.82) is 0 Å². The van der Waals surface area contributed by atoms with E-state index in [0.717, 1.165) is 0 Å². The number of rotatable bonds is 4. The number of ether oxygens (including phenoxy) is 1. The first-order valence-corrected chi connectivity index (χ1v) is 5.05. The third kappa shape index (κ3) is 2.07. The molecular weight excluding hydrogens is 224 g/mol. The summed E-state index contributed by atoms with van der Waals surface area (Å²) in [6, 6.07) is 2.96. The summed E-state index contributed by atoms with van der Waals surface area (Å²) in [5.41, 5.74) is 0.442. The van der Waals surface area contributed by atoms with E-state index < -0.39 is 5.97 Å². The number of carboxylic acids is 1. The Kier molecular flexibility index (Phi) is 2.97. The van der Waals surface area contributed by atoms with E-state index in [1.54, 1.807) is 11.5 Å². The van der Waals surface area contributed by atoms with Gasteiger partial charge in [0, 0.05) is 13.5 Å². The largest absolute Gasteiger partial charge is 0.506 e. The molecule has 2 aromatic heterocycles. The number of methoxy groups -OCH3 is 1. The number of carbonyl (C=O) groups is 1. The van der Waals surface area contributed by atoms with Crippen molar-refractivity contribution in [3.63, 3.8) is 0 Å². The van der Waals surface area contributed by atoms with Gasteiger partial charge < -0.3 is 14.9 Å². The minimum Gasteiger partial charge on any atom is -0.506 e. The summed E-state index contributed by atoms with van der Waals surface area (Å²) in [6.45, 7) is 0.438. The minimum atomic E-state index is -1.09. The number of imidazole rings is 1. The molecule has 6 heteroatoms. The second kappa shape index (κ2) is 4.42. The Morgan fingerprint density at radius 1 is 1.53 bits per heavy atom. The van der Waals surface area contributed by atoms with Crippen LogP contribution < -0.4 is 0 Å². The molecule has 2 rings (SSSR count). The van der Waals surface area contributed by atoms with Gasteiger partial charge in [-0.25, -0.2) is 9.78 Å². The fraction of sp³-hybridized carbons (Fsp3) is 0.273. The molecule has 0 radical (unpaired) electrons. The van der Waals surface area contributed by atoms with E-state index >= 15 is 0 Å². The van der Waals surface area contributed by atoms with E-state index in [1.807, 2.05) is 0 Å². The van der Waals surface area contributed by atoms with Crippen molar-refractivity contribution < 1.29 is 19.7 Å². The smallest absolute Gasteiger partial charge is 0.356 e. The first kappa shape index (κ1) is 11.4. The Labute approximate surface area is 97.1 Å². The van der Waals surface area contributed by atoms with Crippen molar-refractivity contribution in [2.45, 2.75) is 6.42 Å². The highest BCUT2D eigenvalue weighted by molar-refractivity contribution is 5.93. The van der Waals surface area contributed by atoms with Gasteiger partial charge in [0.1, 0.15) is 11.6 Å². The summed E-state index contributed by atoms with van der Waals surface area (Å²) in [5.74, 6) is -0.475. The lowest BCUT2D eigenvalue weighted by molar-refractivity contribution is 0.0693. The molecule has 0 bridgehead atoms. The molecule has 0 spiro atoms. The van der Waals surface area contributed by atoms with Crippen LogP contribution in [-0.4, -0.2) is 39.3 Å². The van der Waals surface area contributed by atoms with Crippen molar-refractivity contribution in [2.75, 3.05) is 13.7 Å². The van der Waals surface area contributed by atoms with Crippen LogP contribution >= 0.6 is 0 Å². The lowest BCUT2D eigenvalue weighted by Crippen LogP contribution is -2.00. The van der Waals surface area contributed by atoms with Crippen molar-refractivity contribution in [2.24, 2.45) is 0 Å². The number of fused-ring (bicyclic) bond motifs is 1. The van der Waals surface area contributed by atoms with Gasteiger partial charge in [-0.1, -0.05) is 0 Å². The zero-order chi connectivity index (χ0) is 12.4. The molecule has 0 aliphatic heterocycles. The van der Waals surface area contributed by atoms with Crippen molar-refractivity contribution in [3.8, 4) is 5.75 Å². The van der Waals surface area contributed by atoms with E-state index in [2.05, 4.69) is 4.98 Å². The van der Waals surface area contributed by atoms with Gasteiger partial charge >= 0.3 is 5.97 Å². The van der Waals surface area contributed by atoms with Gasteiger partial charge in [0.15, 0.2) is 5.69 Å². The second-order valence-electron chi connectivity index (χ2n) is 3.57. The summed E-state index contributed by atoms with van der Waals surface area (Å²) in [7, 11) is 1.56. The molecule has 2 N–H and O–H groups in total. The fourth-order valence-electron chi connectivity index (χ4n) is 1.66. The van der Waals surface area contributed by atoms with Crippen molar-refractivity contribution in [3.05, 3.63) is 29.8 Å². The number of pyridine rings is 1. The van der Waals surface area contributed by atoms with Crippen LogP contribution in [-0.2, 0) is 11.2 Å². The molecule has 2 heterocycles. The average Bonchev–Trinajstić information content (AvgIpc) is 2.64. The molecule has 90 valence electrons. The molecule has 0 aromatic carbocycles. The van der Waals surface area contributed by atoms with Gasteiger partial charge in [-0.15, -0.1) is 0 Å². The highest BCUT2D eigenvalue weighted by Crippen LogP contribution is 2.18. The SMILES string of the molecule is COCCc1nc(C(=O)O)c2ccc(O)cn12. The van der Waals surface area contributed by atoms with Crippen LogP contribution in [0.15, 0.2) is 18.3 Å². The maximum atomic E-state index is 11.0. The predicted molar refractivity (Wildman–Crippen MR) is 59.4 cm³/mol. The van der Waals surface area contributed by atoms with Gasteiger partial charge in [-0.05, 0) is 12.1 Å². The molecule has 0 fully saturated rings.